The number of nitrogens with zero attached hydrogens (tertiary/aromatic N) is 1. The number of hydrogen-bond donors (Lipinski definition) is 1. The van der Waals surface area contributed by atoms with E-state index in [9.17, 15) is 9.59 Å². The monoisotopic (exact) mass is 249 g/mol. The van der Waals surface area contributed by atoms with Gasteiger partial charge in [-0.2, -0.15) is 0 Å². The average Bonchev–Trinajstić information content (AvgIpc) is 2.73. The Morgan fingerprint density at radius 3 is 2.83 bits per heavy atom. The van der Waals surface area contributed by atoms with Crippen LogP contribution < -0.4 is 9.64 Å². The summed E-state index contributed by atoms with van der Waals surface area (Å²) in [6.45, 7) is 2.57. The van der Waals surface area contributed by atoms with Gasteiger partial charge < -0.3 is 14.7 Å². The van der Waals surface area contributed by atoms with Crippen LogP contribution in [-0.4, -0.2) is 30.1 Å². The molecule has 0 radical (unpaired) electrons. The largest absolute Gasteiger partial charge is 0.492 e. The molecule has 0 saturated carbocycles. The highest BCUT2D eigenvalue weighted by atomic mass is 16.5. The molecule has 5 heteroatoms. The number of benzene rings is 1. The fourth-order valence-corrected chi connectivity index (χ4v) is 2.06. The maximum atomic E-state index is 11.9. The third kappa shape index (κ3) is 2.30. The zero-order valence-electron chi connectivity index (χ0n) is 10.1. The van der Waals surface area contributed by atoms with Crippen molar-refractivity contribution in [1.29, 1.82) is 0 Å². The molecule has 96 valence electrons. The Morgan fingerprint density at radius 1 is 1.50 bits per heavy atom. The van der Waals surface area contributed by atoms with Crippen molar-refractivity contribution in [3.8, 4) is 5.75 Å². The Labute approximate surface area is 105 Å². The predicted octanol–water partition coefficient (Wildman–Crippen LogP) is 1.52. The van der Waals surface area contributed by atoms with Crippen LogP contribution in [0.1, 0.15) is 13.3 Å². The van der Waals surface area contributed by atoms with Crippen LogP contribution >= 0.6 is 0 Å². The molecule has 2 rings (SSSR count). The lowest BCUT2D eigenvalue weighted by Gasteiger charge is -2.19. The van der Waals surface area contributed by atoms with E-state index < -0.39 is 11.9 Å². The zero-order chi connectivity index (χ0) is 13.1. The van der Waals surface area contributed by atoms with E-state index in [1.54, 1.807) is 18.2 Å². The first kappa shape index (κ1) is 12.4. The van der Waals surface area contributed by atoms with E-state index in [2.05, 4.69) is 0 Å². The summed E-state index contributed by atoms with van der Waals surface area (Å²) in [5.74, 6) is -1.12. The second-order valence-corrected chi connectivity index (χ2v) is 4.14. The Bertz CT molecular complexity index is 472. The molecule has 0 aliphatic carbocycles. The van der Waals surface area contributed by atoms with Gasteiger partial charge in [0.1, 0.15) is 5.75 Å². The first-order chi connectivity index (χ1) is 8.63. The molecule has 1 fully saturated rings. The third-order valence-corrected chi connectivity index (χ3v) is 2.93. The van der Waals surface area contributed by atoms with Crippen molar-refractivity contribution in [3.05, 3.63) is 24.3 Å². The Morgan fingerprint density at radius 2 is 2.22 bits per heavy atom. The van der Waals surface area contributed by atoms with Gasteiger partial charge in [-0.3, -0.25) is 9.59 Å². The van der Waals surface area contributed by atoms with Crippen LogP contribution in [0, 0.1) is 5.92 Å². The minimum atomic E-state index is -0.931. The number of carboxylic acid groups (broad SMARTS) is 1. The van der Waals surface area contributed by atoms with Crippen LogP contribution in [-0.2, 0) is 9.59 Å². The van der Waals surface area contributed by atoms with Gasteiger partial charge in [0.15, 0.2) is 0 Å². The number of amides is 1. The molecule has 0 aromatic heterocycles. The van der Waals surface area contributed by atoms with Crippen molar-refractivity contribution in [2.24, 2.45) is 5.92 Å². The summed E-state index contributed by atoms with van der Waals surface area (Å²) in [5.41, 5.74) is 0.646. The topological polar surface area (TPSA) is 66.8 Å². The van der Waals surface area contributed by atoms with E-state index in [4.69, 9.17) is 9.84 Å². The fourth-order valence-electron chi connectivity index (χ4n) is 2.06. The molecule has 1 heterocycles. The highest BCUT2D eigenvalue weighted by molar-refractivity contribution is 6.00. The maximum absolute atomic E-state index is 11.9. The number of ether oxygens (including phenoxy) is 1. The fraction of sp³-hybridized carbons (Fsp3) is 0.385. The summed E-state index contributed by atoms with van der Waals surface area (Å²) in [5, 5.41) is 8.96. The summed E-state index contributed by atoms with van der Waals surface area (Å²) in [6, 6.07) is 7.18. The number of hydrogen-bond acceptors (Lipinski definition) is 3. The van der Waals surface area contributed by atoms with E-state index in [0.29, 0.717) is 18.0 Å². The van der Waals surface area contributed by atoms with Gasteiger partial charge in [-0.05, 0) is 19.1 Å². The second kappa shape index (κ2) is 5.08. The number of carbonyl (C=O) groups is 2. The maximum Gasteiger partial charge on any atom is 0.308 e. The smallest absolute Gasteiger partial charge is 0.308 e. The molecule has 1 amide bonds. The summed E-state index contributed by atoms with van der Waals surface area (Å²) < 4.78 is 5.45. The van der Waals surface area contributed by atoms with E-state index in [-0.39, 0.29) is 18.9 Å². The van der Waals surface area contributed by atoms with Crippen LogP contribution in [0.5, 0.6) is 5.75 Å². The van der Waals surface area contributed by atoms with E-state index in [1.807, 2.05) is 13.0 Å². The summed E-state index contributed by atoms with van der Waals surface area (Å²) in [4.78, 5) is 24.3. The molecular formula is C13H15NO4. The van der Waals surface area contributed by atoms with Crippen molar-refractivity contribution >= 4 is 17.6 Å². The minimum Gasteiger partial charge on any atom is -0.492 e. The molecule has 1 aliphatic rings. The zero-order valence-corrected chi connectivity index (χ0v) is 10.1. The van der Waals surface area contributed by atoms with Crippen molar-refractivity contribution < 1.29 is 19.4 Å². The quantitative estimate of drug-likeness (QED) is 0.878. The number of rotatable bonds is 4. The number of carboxylic acids is 1. The normalized spacial score (nSPS) is 19.1. The number of anilines is 1. The molecule has 1 saturated heterocycles. The van der Waals surface area contributed by atoms with Crippen molar-refractivity contribution in [1.82, 2.24) is 0 Å². The molecule has 0 bridgehead atoms. The SMILES string of the molecule is CCOc1ccccc1N1C[C@@H](C(=O)O)CC1=O. The predicted molar refractivity (Wildman–Crippen MR) is 65.7 cm³/mol. The first-order valence-corrected chi connectivity index (χ1v) is 5.88. The van der Waals surface area contributed by atoms with Gasteiger partial charge in [-0.1, -0.05) is 12.1 Å². The molecule has 1 atom stereocenters. The van der Waals surface area contributed by atoms with Gasteiger partial charge in [0.05, 0.1) is 18.2 Å². The Hall–Kier alpha value is -2.04. The third-order valence-electron chi connectivity index (χ3n) is 2.93. The van der Waals surface area contributed by atoms with Crippen molar-refractivity contribution in [3.63, 3.8) is 0 Å². The average molecular weight is 249 g/mol. The lowest BCUT2D eigenvalue weighted by atomic mass is 10.1. The minimum absolute atomic E-state index is 0.0514. The van der Waals surface area contributed by atoms with E-state index in [1.165, 1.54) is 4.90 Å². The molecule has 1 N–H and O–H groups in total. The highest BCUT2D eigenvalue weighted by Gasteiger charge is 2.36. The van der Waals surface area contributed by atoms with E-state index in [0.717, 1.165) is 0 Å². The van der Waals surface area contributed by atoms with Gasteiger partial charge >= 0.3 is 5.97 Å². The number of para-hydroxylation sites is 2. The number of carbonyl (C=O) groups excluding carboxylic acids is 1. The summed E-state index contributed by atoms with van der Waals surface area (Å²) in [7, 11) is 0. The van der Waals surface area contributed by atoms with Crippen LogP contribution in [0.15, 0.2) is 24.3 Å². The van der Waals surface area contributed by atoms with Crippen molar-refractivity contribution in [2.45, 2.75) is 13.3 Å². The van der Waals surface area contributed by atoms with Gasteiger partial charge in [0.2, 0.25) is 5.91 Å². The summed E-state index contributed by atoms with van der Waals surface area (Å²) >= 11 is 0. The number of aliphatic carboxylic acids is 1. The Kier molecular flexibility index (Phi) is 3.50. The standard InChI is InChI=1S/C13H15NO4/c1-2-18-11-6-4-3-5-10(11)14-8-9(13(16)17)7-12(14)15/h3-6,9H,2,7-8H2,1H3,(H,16,17)/t9-/m0/s1. The lowest BCUT2D eigenvalue weighted by molar-refractivity contribution is -0.141. The summed E-state index contributed by atoms with van der Waals surface area (Å²) in [6.07, 6.45) is 0.0514. The molecule has 5 nitrogen and oxygen atoms in total. The van der Waals surface area contributed by atoms with Gasteiger partial charge in [-0.15, -0.1) is 0 Å². The molecule has 1 aromatic rings. The molecule has 0 unspecified atom stereocenters. The molecule has 1 aromatic carbocycles. The van der Waals surface area contributed by atoms with Crippen molar-refractivity contribution in [2.75, 3.05) is 18.1 Å². The van der Waals surface area contributed by atoms with Crippen LogP contribution in [0.2, 0.25) is 0 Å². The van der Waals surface area contributed by atoms with E-state index >= 15 is 0 Å². The van der Waals surface area contributed by atoms with Gasteiger partial charge in [0.25, 0.3) is 0 Å². The lowest BCUT2D eigenvalue weighted by Crippen LogP contribution is -2.26. The first-order valence-electron chi connectivity index (χ1n) is 5.88. The molecule has 0 spiro atoms. The van der Waals surface area contributed by atoms with Gasteiger partial charge in [0, 0.05) is 13.0 Å². The van der Waals surface area contributed by atoms with Crippen LogP contribution in [0.4, 0.5) is 5.69 Å². The molecular weight excluding hydrogens is 234 g/mol. The second-order valence-electron chi connectivity index (χ2n) is 4.14. The molecule has 18 heavy (non-hydrogen) atoms. The molecule has 1 aliphatic heterocycles. The highest BCUT2D eigenvalue weighted by Crippen LogP contribution is 2.32. The van der Waals surface area contributed by atoms with Crippen LogP contribution in [0.3, 0.4) is 0 Å². The van der Waals surface area contributed by atoms with Gasteiger partial charge in [-0.25, -0.2) is 0 Å². The Balaban J connectivity index is 2.26. The van der Waals surface area contributed by atoms with Crippen LogP contribution in [0.25, 0.3) is 0 Å².